The summed E-state index contributed by atoms with van der Waals surface area (Å²) < 4.78 is 38.3. The van der Waals surface area contributed by atoms with Crippen molar-refractivity contribution < 1.29 is 22.4 Å². The van der Waals surface area contributed by atoms with Crippen LogP contribution in [0.2, 0.25) is 0 Å². The Bertz CT molecular complexity index is 1440. The first-order valence-electron chi connectivity index (χ1n) is 11.6. The van der Waals surface area contributed by atoms with Crippen LogP contribution in [-0.4, -0.2) is 47.7 Å². The standard InChI is InChI=1S/C26H26N4O5S2/c1-3-30(4-2)37(32,33)21-16-14-19(15-17-21)25-28-29-26(35-25)36-18-24(31)27-22-12-8-9-13-23(22)34-20-10-6-5-7-11-20/h5-17H,3-4,18H2,1-2H3,(H,27,31). The van der Waals surface area contributed by atoms with Crippen molar-refractivity contribution in [3.8, 4) is 23.0 Å². The number of ether oxygens (including phenoxy) is 1. The molecule has 1 heterocycles. The maximum absolute atomic E-state index is 12.7. The molecular formula is C26H26N4O5S2. The van der Waals surface area contributed by atoms with Gasteiger partial charge in [0.15, 0.2) is 5.75 Å². The number of nitrogens with zero attached hydrogens (tertiary/aromatic N) is 3. The fraction of sp³-hybridized carbons (Fsp3) is 0.192. The van der Waals surface area contributed by atoms with E-state index in [4.69, 9.17) is 9.15 Å². The smallest absolute Gasteiger partial charge is 0.277 e. The van der Waals surface area contributed by atoms with Gasteiger partial charge in [-0.1, -0.05) is 55.9 Å². The van der Waals surface area contributed by atoms with Crippen LogP contribution in [-0.2, 0) is 14.8 Å². The zero-order chi connectivity index (χ0) is 26.3. The predicted octanol–water partition coefficient (Wildman–Crippen LogP) is 5.29. The van der Waals surface area contributed by atoms with Gasteiger partial charge in [-0.3, -0.25) is 4.79 Å². The van der Waals surface area contributed by atoms with Crippen molar-refractivity contribution in [3.05, 3.63) is 78.9 Å². The molecule has 37 heavy (non-hydrogen) atoms. The van der Waals surface area contributed by atoms with Gasteiger partial charge >= 0.3 is 0 Å². The van der Waals surface area contributed by atoms with Gasteiger partial charge in [0.05, 0.1) is 16.3 Å². The minimum atomic E-state index is -3.55. The molecule has 1 aromatic heterocycles. The molecule has 0 aliphatic carbocycles. The van der Waals surface area contributed by atoms with Crippen LogP contribution in [0.4, 0.5) is 5.69 Å². The lowest BCUT2D eigenvalue weighted by molar-refractivity contribution is -0.113. The van der Waals surface area contributed by atoms with Crippen molar-refractivity contribution in [3.63, 3.8) is 0 Å². The molecule has 192 valence electrons. The summed E-state index contributed by atoms with van der Waals surface area (Å²) in [5, 5.41) is 11.1. The van der Waals surface area contributed by atoms with E-state index in [-0.39, 0.29) is 27.7 Å². The molecule has 0 spiro atoms. The zero-order valence-corrected chi connectivity index (χ0v) is 22.0. The summed E-state index contributed by atoms with van der Waals surface area (Å²) in [5.41, 5.74) is 1.12. The minimum absolute atomic E-state index is 0.0440. The lowest BCUT2D eigenvalue weighted by atomic mass is 10.2. The summed E-state index contributed by atoms with van der Waals surface area (Å²) in [5.74, 6) is 1.20. The van der Waals surface area contributed by atoms with E-state index >= 15 is 0 Å². The number of hydrogen-bond donors (Lipinski definition) is 1. The number of amides is 1. The molecule has 0 bridgehead atoms. The number of rotatable bonds is 11. The quantitative estimate of drug-likeness (QED) is 0.256. The van der Waals surface area contributed by atoms with Crippen LogP contribution in [0.1, 0.15) is 13.8 Å². The van der Waals surface area contributed by atoms with Gasteiger partial charge < -0.3 is 14.5 Å². The van der Waals surface area contributed by atoms with Gasteiger partial charge in [-0.2, -0.15) is 4.31 Å². The molecule has 4 aromatic rings. The SMILES string of the molecule is CCN(CC)S(=O)(=O)c1ccc(-c2nnc(SCC(=O)Nc3ccccc3Oc3ccccc3)o2)cc1. The van der Waals surface area contributed by atoms with Crippen LogP contribution in [0.25, 0.3) is 11.5 Å². The molecule has 9 nitrogen and oxygen atoms in total. The van der Waals surface area contributed by atoms with Crippen molar-refractivity contribution >= 4 is 33.4 Å². The summed E-state index contributed by atoms with van der Waals surface area (Å²) in [6.45, 7) is 4.38. The Balaban J connectivity index is 1.36. The highest BCUT2D eigenvalue weighted by atomic mass is 32.2. The van der Waals surface area contributed by atoms with E-state index in [1.54, 1.807) is 38.1 Å². The third kappa shape index (κ3) is 6.56. The Morgan fingerprint density at radius 3 is 2.32 bits per heavy atom. The van der Waals surface area contributed by atoms with E-state index in [9.17, 15) is 13.2 Å². The predicted molar refractivity (Wildman–Crippen MR) is 142 cm³/mol. The third-order valence-electron chi connectivity index (χ3n) is 5.31. The summed E-state index contributed by atoms with van der Waals surface area (Å²) in [7, 11) is -3.55. The van der Waals surface area contributed by atoms with Crippen molar-refractivity contribution in [1.82, 2.24) is 14.5 Å². The second kappa shape index (κ2) is 12.0. The normalized spacial score (nSPS) is 11.4. The molecular weight excluding hydrogens is 512 g/mol. The summed E-state index contributed by atoms with van der Waals surface area (Å²) in [6.07, 6.45) is 0. The van der Waals surface area contributed by atoms with Gasteiger partial charge in [0.2, 0.25) is 21.8 Å². The van der Waals surface area contributed by atoms with Crippen molar-refractivity contribution in [2.75, 3.05) is 24.2 Å². The van der Waals surface area contributed by atoms with Gasteiger partial charge in [0.25, 0.3) is 5.22 Å². The number of aromatic nitrogens is 2. The minimum Gasteiger partial charge on any atom is -0.455 e. The average molecular weight is 539 g/mol. The number of thioether (sulfide) groups is 1. The van der Waals surface area contributed by atoms with Gasteiger partial charge in [0.1, 0.15) is 5.75 Å². The average Bonchev–Trinajstić information content (AvgIpc) is 3.39. The summed E-state index contributed by atoms with van der Waals surface area (Å²) in [4.78, 5) is 12.8. The maximum atomic E-state index is 12.7. The first-order chi connectivity index (χ1) is 17.9. The van der Waals surface area contributed by atoms with Gasteiger partial charge in [-0.05, 0) is 48.5 Å². The van der Waals surface area contributed by atoms with Crippen molar-refractivity contribution in [2.24, 2.45) is 0 Å². The van der Waals surface area contributed by atoms with Crippen molar-refractivity contribution in [1.29, 1.82) is 0 Å². The molecule has 1 N–H and O–H groups in total. The first kappa shape index (κ1) is 26.4. The molecule has 0 radical (unpaired) electrons. The van der Waals surface area contributed by atoms with Crippen LogP contribution in [0.3, 0.4) is 0 Å². The Morgan fingerprint density at radius 1 is 0.946 bits per heavy atom. The van der Waals surface area contributed by atoms with Crippen molar-refractivity contribution in [2.45, 2.75) is 24.0 Å². The lowest BCUT2D eigenvalue weighted by Crippen LogP contribution is -2.30. The molecule has 0 saturated heterocycles. The molecule has 11 heteroatoms. The number of anilines is 1. The van der Waals surface area contributed by atoms with Gasteiger partial charge in [-0.15, -0.1) is 10.2 Å². The van der Waals surface area contributed by atoms with E-state index in [0.717, 1.165) is 11.8 Å². The van der Waals surface area contributed by atoms with Crippen LogP contribution >= 0.6 is 11.8 Å². The van der Waals surface area contributed by atoms with Crippen LogP contribution in [0.15, 0.2) is 93.4 Å². The number of benzene rings is 3. The number of hydrogen-bond acceptors (Lipinski definition) is 8. The highest BCUT2D eigenvalue weighted by Crippen LogP contribution is 2.30. The van der Waals surface area contributed by atoms with E-state index < -0.39 is 10.0 Å². The Morgan fingerprint density at radius 2 is 1.62 bits per heavy atom. The van der Waals surface area contributed by atoms with Crippen LogP contribution in [0.5, 0.6) is 11.5 Å². The monoisotopic (exact) mass is 538 g/mol. The van der Waals surface area contributed by atoms with Crippen LogP contribution in [0, 0.1) is 0 Å². The Labute approximate surface area is 219 Å². The van der Waals surface area contributed by atoms with E-state index in [1.165, 1.54) is 16.4 Å². The molecule has 0 aliphatic heterocycles. The van der Waals surface area contributed by atoms with E-state index in [2.05, 4.69) is 15.5 Å². The largest absolute Gasteiger partial charge is 0.455 e. The fourth-order valence-corrected chi connectivity index (χ4v) is 5.48. The number of sulfonamides is 1. The molecule has 1 amide bonds. The molecule has 0 fully saturated rings. The van der Waals surface area contributed by atoms with E-state index in [0.29, 0.717) is 35.8 Å². The summed E-state index contributed by atoms with van der Waals surface area (Å²) >= 11 is 1.09. The highest BCUT2D eigenvalue weighted by Gasteiger charge is 2.22. The van der Waals surface area contributed by atoms with E-state index in [1.807, 2.05) is 42.5 Å². The molecule has 3 aromatic carbocycles. The molecule has 0 saturated carbocycles. The number of para-hydroxylation sites is 3. The molecule has 0 aliphatic rings. The number of carbonyl (C=O) groups excluding carboxylic acids is 1. The molecule has 4 rings (SSSR count). The Hall–Kier alpha value is -3.67. The number of carbonyl (C=O) groups is 1. The van der Waals surface area contributed by atoms with Gasteiger partial charge in [0, 0.05) is 18.7 Å². The second-order valence-corrected chi connectivity index (χ2v) is 10.6. The number of nitrogens with one attached hydrogen (secondary N) is 1. The first-order valence-corrected chi connectivity index (χ1v) is 14.0. The molecule has 0 atom stereocenters. The lowest BCUT2D eigenvalue weighted by Gasteiger charge is -2.18. The maximum Gasteiger partial charge on any atom is 0.277 e. The topological polar surface area (TPSA) is 115 Å². The Kier molecular flexibility index (Phi) is 8.59. The molecule has 0 unspecified atom stereocenters. The fourth-order valence-electron chi connectivity index (χ4n) is 3.45. The van der Waals surface area contributed by atoms with Crippen LogP contribution < -0.4 is 10.1 Å². The summed E-state index contributed by atoms with van der Waals surface area (Å²) in [6, 6.07) is 22.7. The zero-order valence-electron chi connectivity index (χ0n) is 20.3. The third-order valence-corrected chi connectivity index (χ3v) is 8.19. The van der Waals surface area contributed by atoms with Gasteiger partial charge in [-0.25, -0.2) is 8.42 Å². The second-order valence-electron chi connectivity index (χ2n) is 7.73. The highest BCUT2D eigenvalue weighted by molar-refractivity contribution is 7.99.